The van der Waals surface area contributed by atoms with Crippen LogP contribution in [0.25, 0.3) is 0 Å². The normalized spacial score (nSPS) is 15.0. The SMILES string of the molecule is CCCN(CC1CC1)c1ccc(F)cc1CO. The molecule has 1 saturated carbocycles. The van der Waals surface area contributed by atoms with Crippen LogP contribution in [0.15, 0.2) is 18.2 Å². The second-order valence-electron chi connectivity index (χ2n) is 4.82. The molecule has 1 aromatic rings. The van der Waals surface area contributed by atoms with Gasteiger partial charge < -0.3 is 10.0 Å². The quantitative estimate of drug-likeness (QED) is 0.822. The minimum atomic E-state index is -0.277. The summed E-state index contributed by atoms with van der Waals surface area (Å²) in [6.45, 7) is 4.04. The fourth-order valence-electron chi connectivity index (χ4n) is 2.18. The summed E-state index contributed by atoms with van der Waals surface area (Å²) in [7, 11) is 0. The number of aliphatic hydroxyl groups is 1. The van der Waals surface area contributed by atoms with Crippen molar-refractivity contribution in [3.63, 3.8) is 0 Å². The molecule has 1 N–H and O–H groups in total. The van der Waals surface area contributed by atoms with Crippen LogP contribution < -0.4 is 4.90 Å². The molecule has 2 rings (SSSR count). The molecule has 0 aliphatic heterocycles. The number of aliphatic hydroxyl groups excluding tert-OH is 1. The average Bonchev–Trinajstić information content (AvgIpc) is 3.12. The molecule has 0 spiro atoms. The van der Waals surface area contributed by atoms with Crippen LogP contribution in [0.3, 0.4) is 0 Å². The van der Waals surface area contributed by atoms with E-state index in [1.165, 1.54) is 25.0 Å². The summed E-state index contributed by atoms with van der Waals surface area (Å²) in [5.41, 5.74) is 1.68. The van der Waals surface area contributed by atoms with E-state index in [-0.39, 0.29) is 12.4 Å². The largest absolute Gasteiger partial charge is 0.392 e. The lowest BCUT2D eigenvalue weighted by Crippen LogP contribution is -2.27. The lowest BCUT2D eigenvalue weighted by atomic mass is 10.1. The molecule has 94 valence electrons. The topological polar surface area (TPSA) is 23.5 Å². The zero-order valence-electron chi connectivity index (χ0n) is 10.3. The van der Waals surface area contributed by atoms with Crippen LogP contribution in [0.4, 0.5) is 10.1 Å². The highest BCUT2D eigenvalue weighted by atomic mass is 19.1. The highest BCUT2D eigenvalue weighted by Crippen LogP contribution is 2.32. The van der Waals surface area contributed by atoms with E-state index in [9.17, 15) is 9.50 Å². The number of anilines is 1. The van der Waals surface area contributed by atoms with Crippen molar-refractivity contribution in [2.45, 2.75) is 32.8 Å². The van der Waals surface area contributed by atoms with Crippen molar-refractivity contribution >= 4 is 5.69 Å². The fraction of sp³-hybridized carbons (Fsp3) is 0.571. The first-order valence-electron chi connectivity index (χ1n) is 6.38. The van der Waals surface area contributed by atoms with Crippen LogP contribution in [0.2, 0.25) is 0 Å². The molecule has 2 nitrogen and oxygen atoms in total. The zero-order valence-corrected chi connectivity index (χ0v) is 10.3. The van der Waals surface area contributed by atoms with Gasteiger partial charge in [-0.05, 0) is 43.4 Å². The standard InChI is InChI=1S/C14H20FNO/c1-2-7-16(9-11-3-4-11)14-6-5-13(15)8-12(14)10-17/h5-6,8,11,17H,2-4,7,9-10H2,1H3. The molecule has 0 amide bonds. The maximum absolute atomic E-state index is 13.1. The molecule has 17 heavy (non-hydrogen) atoms. The smallest absolute Gasteiger partial charge is 0.123 e. The number of hydrogen-bond donors (Lipinski definition) is 1. The van der Waals surface area contributed by atoms with Gasteiger partial charge in [0.05, 0.1) is 6.61 Å². The highest BCUT2D eigenvalue weighted by Gasteiger charge is 2.25. The van der Waals surface area contributed by atoms with E-state index < -0.39 is 0 Å². The van der Waals surface area contributed by atoms with Crippen molar-refractivity contribution < 1.29 is 9.50 Å². The van der Waals surface area contributed by atoms with E-state index in [4.69, 9.17) is 0 Å². The molecular weight excluding hydrogens is 217 g/mol. The Kier molecular flexibility index (Phi) is 4.00. The lowest BCUT2D eigenvalue weighted by molar-refractivity contribution is 0.281. The fourth-order valence-corrected chi connectivity index (χ4v) is 2.18. The van der Waals surface area contributed by atoms with Gasteiger partial charge in [0, 0.05) is 24.3 Å². The Bertz CT molecular complexity index is 376. The number of rotatable bonds is 6. The van der Waals surface area contributed by atoms with Crippen LogP contribution in [-0.2, 0) is 6.61 Å². The molecule has 0 heterocycles. The van der Waals surface area contributed by atoms with Crippen LogP contribution in [-0.4, -0.2) is 18.2 Å². The van der Waals surface area contributed by atoms with E-state index in [2.05, 4.69) is 11.8 Å². The lowest BCUT2D eigenvalue weighted by Gasteiger charge is -2.26. The summed E-state index contributed by atoms with van der Waals surface area (Å²) in [6, 6.07) is 4.70. The zero-order chi connectivity index (χ0) is 12.3. The summed E-state index contributed by atoms with van der Waals surface area (Å²) >= 11 is 0. The minimum Gasteiger partial charge on any atom is -0.392 e. The summed E-state index contributed by atoms with van der Waals surface area (Å²) in [4.78, 5) is 2.28. The third-order valence-corrected chi connectivity index (χ3v) is 3.22. The molecule has 0 radical (unpaired) electrons. The van der Waals surface area contributed by atoms with Crippen LogP contribution in [0.5, 0.6) is 0 Å². The molecule has 0 atom stereocenters. The van der Waals surface area contributed by atoms with E-state index in [1.807, 2.05) is 0 Å². The van der Waals surface area contributed by atoms with Crippen molar-refractivity contribution in [3.8, 4) is 0 Å². The minimum absolute atomic E-state index is 0.0992. The number of benzene rings is 1. The third kappa shape index (κ3) is 3.19. The second-order valence-corrected chi connectivity index (χ2v) is 4.82. The molecule has 1 aliphatic carbocycles. The van der Waals surface area contributed by atoms with E-state index in [1.54, 1.807) is 6.07 Å². The van der Waals surface area contributed by atoms with Crippen molar-refractivity contribution in [3.05, 3.63) is 29.6 Å². The van der Waals surface area contributed by atoms with Gasteiger partial charge in [-0.15, -0.1) is 0 Å². The average molecular weight is 237 g/mol. The Morgan fingerprint density at radius 1 is 1.41 bits per heavy atom. The second kappa shape index (κ2) is 5.50. The van der Waals surface area contributed by atoms with Crippen LogP contribution >= 0.6 is 0 Å². The van der Waals surface area contributed by atoms with Gasteiger partial charge in [0.25, 0.3) is 0 Å². The Morgan fingerprint density at radius 3 is 2.76 bits per heavy atom. The summed E-state index contributed by atoms with van der Waals surface area (Å²) in [5.74, 6) is 0.513. The monoisotopic (exact) mass is 237 g/mol. The Hall–Kier alpha value is -1.09. The Balaban J connectivity index is 2.20. The van der Waals surface area contributed by atoms with Crippen molar-refractivity contribution in [2.75, 3.05) is 18.0 Å². The summed E-state index contributed by atoms with van der Waals surface area (Å²) in [6.07, 6.45) is 3.67. The van der Waals surface area contributed by atoms with Gasteiger partial charge in [-0.1, -0.05) is 6.92 Å². The van der Waals surface area contributed by atoms with Crippen molar-refractivity contribution in [1.29, 1.82) is 0 Å². The van der Waals surface area contributed by atoms with E-state index >= 15 is 0 Å². The number of halogens is 1. The molecule has 1 fully saturated rings. The molecule has 0 unspecified atom stereocenters. The predicted molar refractivity (Wildman–Crippen MR) is 67.6 cm³/mol. The predicted octanol–water partition coefficient (Wildman–Crippen LogP) is 2.94. The van der Waals surface area contributed by atoms with E-state index in [0.29, 0.717) is 5.56 Å². The first-order chi connectivity index (χ1) is 8.24. The molecule has 0 aromatic heterocycles. The third-order valence-electron chi connectivity index (χ3n) is 3.22. The first-order valence-corrected chi connectivity index (χ1v) is 6.38. The number of hydrogen-bond acceptors (Lipinski definition) is 2. The van der Waals surface area contributed by atoms with E-state index in [0.717, 1.165) is 31.1 Å². The van der Waals surface area contributed by atoms with Crippen molar-refractivity contribution in [2.24, 2.45) is 5.92 Å². The van der Waals surface area contributed by atoms with Crippen molar-refractivity contribution in [1.82, 2.24) is 0 Å². The van der Waals surface area contributed by atoms with Gasteiger partial charge in [0.2, 0.25) is 0 Å². The summed E-state index contributed by atoms with van der Waals surface area (Å²) < 4.78 is 13.1. The van der Waals surface area contributed by atoms with Gasteiger partial charge in [-0.2, -0.15) is 0 Å². The van der Waals surface area contributed by atoms with Crippen LogP contribution in [0.1, 0.15) is 31.7 Å². The molecular formula is C14H20FNO. The molecule has 0 bridgehead atoms. The molecule has 1 aliphatic rings. The maximum atomic E-state index is 13.1. The Morgan fingerprint density at radius 2 is 2.18 bits per heavy atom. The number of nitrogens with zero attached hydrogens (tertiary/aromatic N) is 1. The van der Waals surface area contributed by atoms with Gasteiger partial charge in [0.15, 0.2) is 0 Å². The summed E-state index contributed by atoms with van der Waals surface area (Å²) in [5, 5.41) is 9.32. The highest BCUT2D eigenvalue weighted by molar-refractivity contribution is 5.53. The van der Waals surface area contributed by atoms with Gasteiger partial charge in [-0.25, -0.2) is 4.39 Å². The molecule has 1 aromatic carbocycles. The first kappa shape index (κ1) is 12.4. The maximum Gasteiger partial charge on any atom is 0.123 e. The van der Waals surface area contributed by atoms with Crippen LogP contribution in [0, 0.1) is 11.7 Å². The van der Waals surface area contributed by atoms with Gasteiger partial charge >= 0.3 is 0 Å². The van der Waals surface area contributed by atoms with Gasteiger partial charge in [-0.3, -0.25) is 0 Å². The molecule has 0 saturated heterocycles. The van der Waals surface area contributed by atoms with Gasteiger partial charge in [0.1, 0.15) is 5.82 Å². The molecule has 3 heteroatoms. The Labute approximate surface area is 102 Å².